The molecule has 0 saturated heterocycles. The molecule has 0 aliphatic carbocycles. The molecule has 3 rings (SSSR count). The second kappa shape index (κ2) is 5.88. The molecule has 0 amide bonds. The van der Waals surface area contributed by atoms with Crippen molar-refractivity contribution in [2.75, 3.05) is 0 Å². The zero-order valence-corrected chi connectivity index (χ0v) is 13.5. The van der Waals surface area contributed by atoms with Crippen LogP contribution in [0.1, 0.15) is 10.4 Å². The summed E-state index contributed by atoms with van der Waals surface area (Å²) in [5.41, 5.74) is 2.00. The molecular weight excluding hydrogens is 322 g/mol. The van der Waals surface area contributed by atoms with Gasteiger partial charge in [0, 0.05) is 11.6 Å². The number of aromatic hydroxyl groups is 1. The smallest absolute Gasteiger partial charge is 0.216 e. The van der Waals surface area contributed by atoms with Crippen molar-refractivity contribution >= 4 is 46.2 Å². The van der Waals surface area contributed by atoms with Crippen LogP contribution in [-0.4, -0.2) is 20.9 Å². The molecule has 0 spiro atoms. The van der Waals surface area contributed by atoms with Crippen LogP contribution in [0.2, 0.25) is 0 Å². The monoisotopic (exact) mass is 333 g/mol. The van der Waals surface area contributed by atoms with Gasteiger partial charge in [0.1, 0.15) is 4.88 Å². The zero-order chi connectivity index (χ0) is 14.8. The van der Waals surface area contributed by atoms with Crippen LogP contribution >= 0.6 is 34.9 Å². The largest absolute Gasteiger partial charge is 0.493 e. The van der Waals surface area contributed by atoms with Crippen molar-refractivity contribution in [3.8, 4) is 11.6 Å². The highest BCUT2D eigenvalue weighted by atomic mass is 32.1. The van der Waals surface area contributed by atoms with Gasteiger partial charge in [0.05, 0.1) is 11.9 Å². The normalized spacial score (nSPS) is 11.3. The van der Waals surface area contributed by atoms with E-state index < -0.39 is 0 Å². The molecule has 106 valence electrons. The van der Waals surface area contributed by atoms with Crippen LogP contribution in [0.3, 0.4) is 0 Å². The molecule has 0 fully saturated rings. The third-order valence-electron chi connectivity index (χ3n) is 2.82. The topological polar surface area (TPSA) is 50.4 Å². The molecule has 0 aliphatic heterocycles. The Morgan fingerprint density at radius 1 is 1.33 bits per heavy atom. The summed E-state index contributed by atoms with van der Waals surface area (Å²) in [6, 6.07) is 7.83. The van der Waals surface area contributed by atoms with Crippen LogP contribution < -0.4 is 0 Å². The minimum atomic E-state index is 0.106. The van der Waals surface area contributed by atoms with E-state index in [0.717, 1.165) is 11.3 Å². The highest BCUT2D eigenvalue weighted by Crippen LogP contribution is 2.29. The molecule has 0 bridgehead atoms. The molecule has 2 aromatic heterocycles. The molecule has 0 aliphatic rings. The van der Waals surface area contributed by atoms with Crippen molar-refractivity contribution in [1.29, 1.82) is 0 Å². The molecule has 0 saturated carbocycles. The maximum Gasteiger partial charge on any atom is 0.216 e. The van der Waals surface area contributed by atoms with Gasteiger partial charge < -0.3 is 5.11 Å². The predicted molar refractivity (Wildman–Crippen MR) is 90.2 cm³/mol. The Morgan fingerprint density at radius 2 is 2.10 bits per heavy atom. The van der Waals surface area contributed by atoms with E-state index in [2.05, 4.69) is 9.98 Å². The first-order valence-corrected chi connectivity index (χ1v) is 8.21. The van der Waals surface area contributed by atoms with Crippen LogP contribution in [0.4, 0.5) is 5.13 Å². The number of aliphatic imine (C=N–C) groups is 1. The van der Waals surface area contributed by atoms with Gasteiger partial charge in [-0.15, -0.1) is 11.3 Å². The highest BCUT2D eigenvalue weighted by molar-refractivity contribution is 7.73. The van der Waals surface area contributed by atoms with Crippen molar-refractivity contribution in [3.63, 3.8) is 0 Å². The van der Waals surface area contributed by atoms with E-state index in [1.54, 1.807) is 17.0 Å². The van der Waals surface area contributed by atoms with Gasteiger partial charge in [-0.2, -0.15) is 0 Å². The summed E-state index contributed by atoms with van der Waals surface area (Å²) >= 11 is 8.09. The second-order valence-corrected chi connectivity index (χ2v) is 6.85. The van der Waals surface area contributed by atoms with E-state index in [4.69, 9.17) is 12.2 Å². The molecular formula is C14H11N3OS3. The van der Waals surface area contributed by atoms with Crippen molar-refractivity contribution in [2.24, 2.45) is 4.99 Å². The second-order valence-electron chi connectivity index (χ2n) is 4.30. The first-order chi connectivity index (χ1) is 10.1. The number of thiazole rings is 2. The van der Waals surface area contributed by atoms with E-state index in [1.165, 1.54) is 22.7 Å². The van der Waals surface area contributed by atoms with Crippen LogP contribution in [-0.2, 0) is 0 Å². The Morgan fingerprint density at radius 3 is 2.76 bits per heavy atom. The van der Waals surface area contributed by atoms with E-state index in [-0.39, 0.29) is 5.88 Å². The molecule has 21 heavy (non-hydrogen) atoms. The first kappa shape index (κ1) is 14.1. The minimum absolute atomic E-state index is 0.106. The van der Waals surface area contributed by atoms with Gasteiger partial charge in [0.2, 0.25) is 11.0 Å². The number of hydrogen-bond donors (Lipinski definition) is 1. The Balaban J connectivity index is 2.00. The van der Waals surface area contributed by atoms with Crippen LogP contribution in [0.25, 0.3) is 5.69 Å². The van der Waals surface area contributed by atoms with Crippen molar-refractivity contribution in [3.05, 3.63) is 50.2 Å². The SMILES string of the molecule is Cc1ccc(-n2c(O)c(/C=N/c3nccs3)sc2=S)cc1. The van der Waals surface area contributed by atoms with Gasteiger partial charge in [0.25, 0.3) is 0 Å². The molecule has 0 radical (unpaired) electrons. The lowest BCUT2D eigenvalue weighted by Gasteiger charge is -2.04. The molecule has 0 unspecified atom stereocenters. The van der Waals surface area contributed by atoms with Gasteiger partial charge in [0.15, 0.2) is 3.95 Å². The van der Waals surface area contributed by atoms with E-state index >= 15 is 0 Å². The van der Waals surface area contributed by atoms with Crippen LogP contribution in [0, 0.1) is 10.9 Å². The Labute approximate surface area is 134 Å². The van der Waals surface area contributed by atoms with Gasteiger partial charge in [-0.1, -0.05) is 29.0 Å². The molecule has 0 atom stereocenters. The quantitative estimate of drug-likeness (QED) is 0.567. The summed E-state index contributed by atoms with van der Waals surface area (Å²) < 4.78 is 2.22. The fraction of sp³-hybridized carbons (Fsp3) is 0.0714. The first-order valence-electron chi connectivity index (χ1n) is 6.10. The zero-order valence-electron chi connectivity index (χ0n) is 11.1. The average molecular weight is 333 g/mol. The lowest BCUT2D eigenvalue weighted by molar-refractivity contribution is 0.441. The highest BCUT2D eigenvalue weighted by Gasteiger charge is 2.11. The number of aryl methyl sites for hydroxylation is 1. The van der Waals surface area contributed by atoms with Gasteiger partial charge >= 0.3 is 0 Å². The predicted octanol–water partition coefficient (Wildman–Crippen LogP) is 4.49. The summed E-state index contributed by atoms with van der Waals surface area (Å²) in [5, 5.41) is 12.9. The third-order valence-corrected chi connectivity index (χ3v) is 4.79. The number of rotatable bonds is 3. The molecule has 2 heterocycles. The fourth-order valence-corrected chi connectivity index (χ4v) is 3.48. The van der Waals surface area contributed by atoms with E-state index in [0.29, 0.717) is 14.0 Å². The van der Waals surface area contributed by atoms with Crippen LogP contribution in [0.5, 0.6) is 5.88 Å². The molecule has 7 heteroatoms. The molecule has 3 aromatic rings. The van der Waals surface area contributed by atoms with E-state index in [9.17, 15) is 5.11 Å². The standard InChI is InChI=1S/C14H11N3OS3/c1-9-2-4-10(5-3-9)17-12(18)11(21-14(17)19)8-16-13-15-6-7-20-13/h2-8,18H,1H3/b16-8+. The van der Waals surface area contributed by atoms with E-state index in [1.807, 2.05) is 36.6 Å². The van der Waals surface area contributed by atoms with Crippen molar-refractivity contribution < 1.29 is 5.11 Å². The van der Waals surface area contributed by atoms with Crippen molar-refractivity contribution in [2.45, 2.75) is 6.92 Å². The summed E-state index contributed by atoms with van der Waals surface area (Å²) in [4.78, 5) is 8.92. The molecule has 1 aromatic carbocycles. The lowest BCUT2D eigenvalue weighted by Crippen LogP contribution is -1.93. The number of nitrogens with zero attached hydrogens (tertiary/aromatic N) is 3. The number of benzene rings is 1. The maximum atomic E-state index is 10.4. The summed E-state index contributed by atoms with van der Waals surface area (Å²) in [6.07, 6.45) is 3.29. The summed E-state index contributed by atoms with van der Waals surface area (Å²) in [7, 11) is 0. The Hall–Kier alpha value is -1.83. The van der Waals surface area contributed by atoms with Gasteiger partial charge in [-0.05, 0) is 31.3 Å². The number of aromatic nitrogens is 2. The third kappa shape index (κ3) is 2.94. The average Bonchev–Trinajstić information content (AvgIpc) is 3.07. The Kier molecular flexibility index (Phi) is 3.96. The maximum absolute atomic E-state index is 10.4. The summed E-state index contributed by atoms with van der Waals surface area (Å²) in [5.74, 6) is 0.106. The Bertz CT molecular complexity index is 829. The van der Waals surface area contributed by atoms with Gasteiger partial charge in [-0.3, -0.25) is 4.57 Å². The van der Waals surface area contributed by atoms with Crippen molar-refractivity contribution in [1.82, 2.24) is 9.55 Å². The van der Waals surface area contributed by atoms with Crippen LogP contribution in [0.15, 0.2) is 40.8 Å². The fourth-order valence-electron chi connectivity index (χ4n) is 1.78. The summed E-state index contributed by atoms with van der Waals surface area (Å²) in [6.45, 7) is 2.02. The molecule has 1 N–H and O–H groups in total. The van der Waals surface area contributed by atoms with Gasteiger partial charge in [-0.25, -0.2) is 9.98 Å². The lowest BCUT2D eigenvalue weighted by atomic mass is 10.2. The molecule has 4 nitrogen and oxygen atoms in total. The number of hydrogen-bond acceptors (Lipinski definition) is 6. The minimum Gasteiger partial charge on any atom is -0.493 e.